The maximum Gasteiger partial charge on any atom is 0.120 e. The Kier molecular flexibility index (Phi) is 4.30. The van der Waals surface area contributed by atoms with Gasteiger partial charge in [-0.25, -0.2) is 0 Å². The van der Waals surface area contributed by atoms with E-state index in [0.29, 0.717) is 12.1 Å². The molecule has 0 aromatic rings. The molecular formula is C23H38N2O2S. The summed E-state index contributed by atoms with van der Waals surface area (Å²) in [6.07, 6.45) is 16.4. The summed E-state index contributed by atoms with van der Waals surface area (Å²) in [7, 11) is 2.00. The van der Waals surface area contributed by atoms with Gasteiger partial charge in [-0.3, -0.25) is 12.7 Å². The third kappa shape index (κ3) is 2.33. The number of nitrogens with one attached hydrogen (secondary N) is 1. The first-order valence-electron chi connectivity index (χ1n) is 11.9. The molecule has 6 rings (SSSR count). The predicted molar refractivity (Wildman–Crippen MR) is 114 cm³/mol. The molecule has 0 spiro atoms. The number of nitrogens with zero attached hydrogens (tertiary/aromatic N) is 1. The SMILES string of the molecule is COS(C)(OC)N1C2=C(C3CCC4CCCC(N2)C43)C2CCC3CCCC1C32. The Hall–Kier alpha value is -0.390. The lowest BCUT2D eigenvalue weighted by molar-refractivity contribution is 0.0663. The maximum atomic E-state index is 6.14. The molecule has 8 unspecified atom stereocenters. The molecule has 158 valence electrons. The minimum absolute atomic E-state index is 0.606. The third-order valence-electron chi connectivity index (χ3n) is 9.68. The van der Waals surface area contributed by atoms with Crippen LogP contribution >= 0.6 is 10.8 Å². The summed E-state index contributed by atoms with van der Waals surface area (Å²) < 4.78 is 15.0. The van der Waals surface area contributed by atoms with E-state index in [9.17, 15) is 0 Å². The Morgan fingerprint density at radius 3 is 2.18 bits per heavy atom. The fraction of sp³-hybridized carbons (Fsp3) is 0.913. The Balaban J connectivity index is 1.51. The van der Waals surface area contributed by atoms with Gasteiger partial charge in [0.1, 0.15) is 5.82 Å². The number of fused-ring (bicyclic) bond motifs is 2. The van der Waals surface area contributed by atoms with Crippen LogP contribution in [0.5, 0.6) is 0 Å². The third-order valence-corrected chi connectivity index (χ3v) is 12.1. The molecule has 0 bridgehead atoms. The van der Waals surface area contributed by atoms with Crippen LogP contribution in [0.1, 0.15) is 64.2 Å². The van der Waals surface area contributed by atoms with E-state index in [2.05, 4.69) is 15.9 Å². The molecule has 4 fully saturated rings. The minimum atomic E-state index is -1.72. The van der Waals surface area contributed by atoms with Gasteiger partial charge in [0, 0.05) is 12.3 Å². The summed E-state index contributed by atoms with van der Waals surface area (Å²) in [5.41, 5.74) is 1.82. The van der Waals surface area contributed by atoms with Gasteiger partial charge in [-0.1, -0.05) is 25.7 Å². The molecule has 1 N–H and O–H groups in total. The lowest BCUT2D eigenvalue weighted by Crippen LogP contribution is -2.60. The van der Waals surface area contributed by atoms with Crippen LogP contribution in [0.4, 0.5) is 0 Å². The van der Waals surface area contributed by atoms with E-state index in [4.69, 9.17) is 8.37 Å². The summed E-state index contributed by atoms with van der Waals surface area (Å²) in [5.74, 6) is 6.79. The number of allylic oxidation sites excluding steroid dienone is 1. The molecule has 2 aliphatic heterocycles. The molecule has 0 aromatic carbocycles. The van der Waals surface area contributed by atoms with Gasteiger partial charge in [0.25, 0.3) is 0 Å². The molecule has 4 saturated carbocycles. The van der Waals surface area contributed by atoms with Gasteiger partial charge in [0.2, 0.25) is 0 Å². The van der Waals surface area contributed by atoms with Crippen LogP contribution in [0.3, 0.4) is 0 Å². The van der Waals surface area contributed by atoms with Gasteiger partial charge in [0.15, 0.2) is 0 Å². The molecule has 0 amide bonds. The predicted octanol–water partition coefficient (Wildman–Crippen LogP) is 4.98. The molecule has 2 heterocycles. The summed E-state index contributed by atoms with van der Waals surface area (Å²) in [4.78, 5) is 0. The molecule has 4 aliphatic carbocycles. The molecule has 4 nitrogen and oxygen atoms in total. The van der Waals surface area contributed by atoms with Gasteiger partial charge >= 0.3 is 0 Å². The Bertz CT molecular complexity index is 672. The van der Waals surface area contributed by atoms with Gasteiger partial charge in [-0.05, 0) is 79.6 Å². The zero-order valence-electron chi connectivity index (χ0n) is 17.9. The number of rotatable bonds is 3. The van der Waals surface area contributed by atoms with E-state index >= 15 is 0 Å². The number of hydrogen-bond acceptors (Lipinski definition) is 4. The van der Waals surface area contributed by atoms with Gasteiger partial charge < -0.3 is 5.32 Å². The molecule has 0 radical (unpaired) electrons. The quantitative estimate of drug-likeness (QED) is 0.717. The standard InChI is InChI=1S/C23H38N2O2S/c1-26-28(3,27-2)25-19-9-5-7-15-11-13-17(21(15)19)22-16-12-10-14-6-4-8-18(20(14)16)24-23(22)25/h14-21,24H,4-13H2,1-3H3. The molecule has 0 aromatic heterocycles. The van der Waals surface area contributed by atoms with E-state index in [1.54, 1.807) is 0 Å². The Morgan fingerprint density at radius 2 is 1.46 bits per heavy atom. The van der Waals surface area contributed by atoms with E-state index in [-0.39, 0.29) is 0 Å². The maximum absolute atomic E-state index is 6.14. The fourth-order valence-electron chi connectivity index (χ4n) is 8.70. The van der Waals surface area contributed by atoms with Crippen molar-refractivity contribution in [1.82, 2.24) is 9.62 Å². The van der Waals surface area contributed by atoms with Gasteiger partial charge in [-0.2, -0.15) is 0 Å². The van der Waals surface area contributed by atoms with Gasteiger partial charge in [-0.15, -0.1) is 10.8 Å². The highest BCUT2D eigenvalue weighted by molar-refractivity contribution is 8.23. The minimum Gasteiger partial charge on any atom is -0.367 e. The van der Waals surface area contributed by atoms with Gasteiger partial charge in [0.05, 0.1) is 20.3 Å². The highest BCUT2D eigenvalue weighted by atomic mass is 32.3. The van der Waals surface area contributed by atoms with Crippen LogP contribution < -0.4 is 5.32 Å². The van der Waals surface area contributed by atoms with Crippen molar-refractivity contribution in [2.24, 2.45) is 35.5 Å². The largest absolute Gasteiger partial charge is 0.367 e. The first-order chi connectivity index (χ1) is 13.7. The lowest BCUT2D eigenvalue weighted by atomic mass is 9.63. The van der Waals surface area contributed by atoms with Crippen molar-refractivity contribution in [3.05, 3.63) is 11.4 Å². The molecule has 8 atom stereocenters. The molecule has 6 aliphatic rings. The average molecular weight is 407 g/mol. The molecular weight excluding hydrogens is 368 g/mol. The van der Waals surface area contributed by atoms with E-state index in [1.165, 1.54) is 70.0 Å². The second-order valence-electron chi connectivity index (χ2n) is 10.4. The van der Waals surface area contributed by atoms with E-state index in [0.717, 1.165) is 35.5 Å². The summed E-state index contributed by atoms with van der Waals surface area (Å²) >= 11 is 0. The summed E-state index contributed by atoms with van der Waals surface area (Å²) in [6.45, 7) is 0. The smallest absolute Gasteiger partial charge is 0.120 e. The van der Waals surface area contributed by atoms with Crippen LogP contribution in [-0.4, -0.2) is 36.9 Å². The van der Waals surface area contributed by atoms with Crippen molar-refractivity contribution in [2.75, 3.05) is 20.5 Å². The summed E-state index contributed by atoms with van der Waals surface area (Å²) in [6, 6.07) is 1.29. The highest BCUT2D eigenvalue weighted by Gasteiger charge is 2.59. The van der Waals surface area contributed by atoms with E-state index < -0.39 is 10.8 Å². The lowest BCUT2D eigenvalue weighted by Gasteiger charge is -2.61. The van der Waals surface area contributed by atoms with Crippen LogP contribution in [-0.2, 0) is 8.37 Å². The van der Waals surface area contributed by atoms with Crippen molar-refractivity contribution in [2.45, 2.75) is 76.3 Å². The van der Waals surface area contributed by atoms with Crippen LogP contribution in [0.25, 0.3) is 0 Å². The monoisotopic (exact) mass is 406 g/mol. The first-order valence-corrected chi connectivity index (χ1v) is 13.7. The van der Waals surface area contributed by atoms with Crippen molar-refractivity contribution >= 4 is 10.8 Å². The van der Waals surface area contributed by atoms with Crippen molar-refractivity contribution < 1.29 is 8.37 Å². The Morgan fingerprint density at radius 1 is 0.821 bits per heavy atom. The van der Waals surface area contributed by atoms with Crippen LogP contribution in [0.15, 0.2) is 11.4 Å². The highest BCUT2D eigenvalue weighted by Crippen LogP contribution is 2.66. The van der Waals surface area contributed by atoms with E-state index in [1.807, 2.05) is 19.8 Å². The first kappa shape index (κ1) is 18.4. The summed E-state index contributed by atoms with van der Waals surface area (Å²) in [5, 5.41) is 4.16. The van der Waals surface area contributed by atoms with Crippen molar-refractivity contribution in [3.63, 3.8) is 0 Å². The van der Waals surface area contributed by atoms with Crippen LogP contribution in [0.2, 0.25) is 0 Å². The molecule has 0 saturated heterocycles. The zero-order valence-corrected chi connectivity index (χ0v) is 18.7. The average Bonchev–Trinajstić information content (AvgIpc) is 3.35. The zero-order chi connectivity index (χ0) is 19.0. The second kappa shape index (κ2) is 6.55. The van der Waals surface area contributed by atoms with Crippen LogP contribution in [0, 0.1) is 35.5 Å². The number of hydrogen-bond donors (Lipinski definition) is 1. The fourth-order valence-corrected chi connectivity index (χ4v) is 10.4. The topological polar surface area (TPSA) is 33.7 Å². The van der Waals surface area contributed by atoms with Crippen molar-refractivity contribution in [3.8, 4) is 0 Å². The molecule has 5 heteroatoms. The van der Waals surface area contributed by atoms with Crippen molar-refractivity contribution in [1.29, 1.82) is 0 Å². The molecule has 28 heavy (non-hydrogen) atoms. The second-order valence-corrected chi connectivity index (χ2v) is 12.9. The normalized spacial score (nSPS) is 47.3. The Labute approximate surface area is 172 Å².